The van der Waals surface area contributed by atoms with E-state index in [4.69, 9.17) is 14.2 Å². The van der Waals surface area contributed by atoms with Crippen LogP contribution in [0.3, 0.4) is 0 Å². The molecule has 0 spiro atoms. The highest BCUT2D eigenvalue weighted by molar-refractivity contribution is 5.71. The van der Waals surface area contributed by atoms with Gasteiger partial charge in [-0.2, -0.15) is 0 Å². The van der Waals surface area contributed by atoms with Gasteiger partial charge in [-0.25, -0.2) is 0 Å². The smallest absolute Gasteiger partial charge is 0.306 e. The van der Waals surface area contributed by atoms with Crippen molar-refractivity contribution in [2.24, 2.45) is 0 Å². The molecule has 0 saturated carbocycles. The molecule has 6 nitrogen and oxygen atoms in total. The van der Waals surface area contributed by atoms with Crippen LogP contribution in [0, 0.1) is 0 Å². The van der Waals surface area contributed by atoms with Gasteiger partial charge in [0.2, 0.25) is 0 Å². The Hall–Kier alpha value is -4.45. The standard InChI is InChI=1S/C61H96O6/c1-4-7-10-13-16-19-22-25-27-29-31-33-36-39-42-45-48-51-54-60(63)66-57-58(56-65-59(62)53-50-47-44-41-38-35-24-21-18-15-12-9-6-3)67-61(64)55-52-49-46-43-40-37-34-32-30-28-26-23-20-17-14-11-8-5-2/h9-10,12-13,15-16,18-19,21-22,24-25,27-35,38,58H,4-8,11,14,17,20,23,26,36-37,39-57H2,1-3H3/b12-9-,13-10-,18-15-,19-16-,24-21-,25-22-,29-27-,30-28-,33-31-,34-32-,38-35-. The van der Waals surface area contributed by atoms with Crippen LogP contribution in [0.25, 0.3) is 0 Å². The van der Waals surface area contributed by atoms with E-state index in [1.54, 1.807) is 0 Å². The van der Waals surface area contributed by atoms with Crippen molar-refractivity contribution in [1.29, 1.82) is 0 Å². The summed E-state index contributed by atoms with van der Waals surface area (Å²) in [4.78, 5) is 38.0. The first-order valence-electron chi connectivity index (χ1n) is 26.8. The minimum atomic E-state index is -0.819. The van der Waals surface area contributed by atoms with Gasteiger partial charge in [-0.05, 0) is 83.5 Å². The van der Waals surface area contributed by atoms with Crippen molar-refractivity contribution in [2.45, 2.75) is 219 Å². The van der Waals surface area contributed by atoms with E-state index in [-0.39, 0.29) is 37.5 Å². The summed E-state index contributed by atoms with van der Waals surface area (Å²) in [6, 6.07) is 0. The summed E-state index contributed by atoms with van der Waals surface area (Å²) < 4.78 is 16.8. The number of carbonyl (C=O) groups is 3. The van der Waals surface area contributed by atoms with E-state index in [9.17, 15) is 14.4 Å². The molecule has 0 bridgehead atoms. The van der Waals surface area contributed by atoms with Crippen molar-refractivity contribution in [3.8, 4) is 0 Å². The normalized spacial score (nSPS) is 13.2. The zero-order valence-electron chi connectivity index (χ0n) is 42.9. The molecule has 0 fully saturated rings. The van der Waals surface area contributed by atoms with E-state index in [0.29, 0.717) is 12.8 Å². The SMILES string of the molecule is CC\C=C/C=C\C=C/C=C\CCCCCC(=O)OCC(COC(=O)CCCCCCC\C=C/C=C\C=C/C=C\C=C/CCC)OC(=O)CCCCCCC/C=C\C=C/CCCCCCCCC. The molecule has 1 atom stereocenters. The van der Waals surface area contributed by atoms with Crippen LogP contribution >= 0.6 is 0 Å². The molecule has 0 saturated heterocycles. The summed E-state index contributed by atoms with van der Waals surface area (Å²) in [5.41, 5.74) is 0. The second-order valence-corrected chi connectivity index (χ2v) is 17.3. The van der Waals surface area contributed by atoms with Crippen LogP contribution in [-0.4, -0.2) is 37.2 Å². The zero-order valence-corrected chi connectivity index (χ0v) is 42.9. The average Bonchev–Trinajstić information content (AvgIpc) is 3.33. The Morgan fingerprint density at radius 3 is 1.00 bits per heavy atom. The van der Waals surface area contributed by atoms with Crippen molar-refractivity contribution in [2.75, 3.05) is 13.2 Å². The Morgan fingerprint density at radius 2 is 0.612 bits per heavy atom. The largest absolute Gasteiger partial charge is 0.462 e. The van der Waals surface area contributed by atoms with Crippen molar-refractivity contribution < 1.29 is 28.6 Å². The molecule has 0 amide bonds. The number of unbranched alkanes of at least 4 members (excludes halogenated alkanes) is 21. The second kappa shape index (κ2) is 54.2. The summed E-state index contributed by atoms with van der Waals surface area (Å²) in [6.07, 6.45) is 75.7. The van der Waals surface area contributed by atoms with Crippen molar-refractivity contribution in [3.63, 3.8) is 0 Å². The maximum absolute atomic E-state index is 12.8. The molecule has 6 heteroatoms. The van der Waals surface area contributed by atoms with Crippen molar-refractivity contribution in [3.05, 3.63) is 134 Å². The molecule has 0 N–H and O–H groups in total. The average molecular weight is 925 g/mol. The van der Waals surface area contributed by atoms with Crippen LogP contribution in [-0.2, 0) is 28.6 Å². The number of allylic oxidation sites excluding steroid dienone is 22. The molecule has 376 valence electrons. The molecule has 0 radical (unpaired) electrons. The quantitative estimate of drug-likeness (QED) is 0.0262. The molecule has 0 aliphatic heterocycles. The number of carbonyl (C=O) groups excluding carboxylic acids is 3. The number of rotatable bonds is 46. The van der Waals surface area contributed by atoms with Gasteiger partial charge in [-0.3, -0.25) is 14.4 Å². The highest BCUT2D eigenvalue weighted by Gasteiger charge is 2.19. The third-order valence-corrected chi connectivity index (χ3v) is 10.8. The summed E-state index contributed by atoms with van der Waals surface area (Å²) >= 11 is 0. The van der Waals surface area contributed by atoms with Gasteiger partial charge in [0.05, 0.1) is 0 Å². The molecular weight excluding hydrogens is 829 g/mol. The van der Waals surface area contributed by atoms with Crippen LogP contribution in [0.2, 0.25) is 0 Å². The summed E-state index contributed by atoms with van der Waals surface area (Å²) in [5.74, 6) is -1.00. The highest BCUT2D eigenvalue weighted by atomic mass is 16.6. The third-order valence-electron chi connectivity index (χ3n) is 10.8. The van der Waals surface area contributed by atoms with E-state index in [1.165, 1.54) is 57.8 Å². The lowest BCUT2D eigenvalue weighted by Crippen LogP contribution is -2.30. The van der Waals surface area contributed by atoms with E-state index >= 15 is 0 Å². The molecule has 0 aromatic carbocycles. The third kappa shape index (κ3) is 52.4. The van der Waals surface area contributed by atoms with Crippen molar-refractivity contribution in [1.82, 2.24) is 0 Å². The van der Waals surface area contributed by atoms with Gasteiger partial charge in [0.1, 0.15) is 13.2 Å². The summed E-state index contributed by atoms with van der Waals surface area (Å²) in [6.45, 7) is 6.32. The number of esters is 3. The first-order valence-corrected chi connectivity index (χ1v) is 26.8. The molecule has 0 aromatic rings. The van der Waals surface area contributed by atoms with Gasteiger partial charge in [0.15, 0.2) is 6.10 Å². The number of ether oxygens (including phenoxy) is 3. The minimum Gasteiger partial charge on any atom is -0.462 e. The van der Waals surface area contributed by atoms with Crippen LogP contribution < -0.4 is 0 Å². The van der Waals surface area contributed by atoms with Gasteiger partial charge < -0.3 is 14.2 Å². The predicted octanol–water partition coefficient (Wildman–Crippen LogP) is 17.9. The molecule has 67 heavy (non-hydrogen) atoms. The highest BCUT2D eigenvalue weighted by Crippen LogP contribution is 2.13. The van der Waals surface area contributed by atoms with Crippen LogP contribution in [0.5, 0.6) is 0 Å². The minimum absolute atomic E-state index is 0.116. The lowest BCUT2D eigenvalue weighted by Gasteiger charge is -2.18. The number of hydrogen-bond donors (Lipinski definition) is 0. The maximum Gasteiger partial charge on any atom is 0.306 e. The fourth-order valence-corrected chi connectivity index (χ4v) is 6.83. The molecule has 1 unspecified atom stereocenters. The Balaban J connectivity index is 4.54. The molecular formula is C61H96O6. The molecule has 0 aliphatic rings. The summed E-state index contributed by atoms with van der Waals surface area (Å²) in [7, 11) is 0. The fourth-order valence-electron chi connectivity index (χ4n) is 6.83. The van der Waals surface area contributed by atoms with Gasteiger partial charge >= 0.3 is 17.9 Å². The Labute approximate surface area is 411 Å². The first-order chi connectivity index (χ1) is 33.0. The van der Waals surface area contributed by atoms with E-state index in [0.717, 1.165) is 116 Å². The maximum atomic E-state index is 12.8. The second-order valence-electron chi connectivity index (χ2n) is 17.3. The van der Waals surface area contributed by atoms with Crippen LogP contribution in [0.15, 0.2) is 134 Å². The lowest BCUT2D eigenvalue weighted by molar-refractivity contribution is -0.167. The van der Waals surface area contributed by atoms with Gasteiger partial charge in [-0.15, -0.1) is 0 Å². The molecule has 0 heterocycles. The van der Waals surface area contributed by atoms with Gasteiger partial charge in [-0.1, -0.05) is 244 Å². The molecule has 0 rings (SSSR count). The van der Waals surface area contributed by atoms with Crippen LogP contribution in [0.1, 0.15) is 213 Å². The zero-order chi connectivity index (χ0) is 48.6. The van der Waals surface area contributed by atoms with E-state index in [1.807, 2.05) is 72.9 Å². The lowest BCUT2D eigenvalue weighted by atomic mass is 10.1. The van der Waals surface area contributed by atoms with Crippen LogP contribution in [0.4, 0.5) is 0 Å². The molecule has 0 aliphatic carbocycles. The first kappa shape index (κ1) is 62.5. The van der Waals surface area contributed by atoms with E-state index in [2.05, 4.69) is 81.5 Å². The molecule has 0 aromatic heterocycles. The Kier molecular flexibility index (Phi) is 50.6. The predicted molar refractivity (Wildman–Crippen MR) is 288 cm³/mol. The Morgan fingerprint density at radius 1 is 0.313 bits per heavy atom. The Bertz CT molecular complexity index is 1480. The van der Waals surface area contributed by atoms with Gasteiger partial charge in [0.25, 0.3) is 0 Å². The topological polar surface area (TPSA) is 78.9 Å². The fraction of sp³-hybridized carbons (Fsp3) is 0.590. The van der Waals surface area contributed by atoms with Gasteiger partial charge in [0, 0.05) is 19.3 Å². The number of hydrogen-bond acceptors (Lipinski definition) is 6. The van der Waals surface area contributed by atoms with Crippen molar-refractivity contribution >= 4 is 17.9 Å². The monoisotopic (exact) mass is 925 g/mol. The van der Waals surface area contributed by atoms with E-state index < -0.39 is 6.10 Å². The summed E-state index contributed by atoms with van der Waals surface area (Å²) in [5, 5.41) is 0.